The summed E-state index contributed by atoms with van der Waals surface area (Å²) in [6, 6.07) is 6.24. The molecule has 3 aromatic rings. The zero-order valence-corrected chi connectivity index (χ0v) is 13.8. The van der Waals surface area contributed by atoms with Crippen LogP contribution in [0.4, 0.5) is 0 Å². The van der Waals surface area contributed by atoms with Gasteiger partial charge in [-0.05, 0) is 38.0 Å². The molecular weight excluding hydrogens is 302 g/mol. The first-order chi connectivity index (χ1) is 10.1. The standard InChI is InChI=1S/C16H16ClN3S/c1-4-5-11-6-7-13-12(8-11)15(17)20-16(19-13)14-9(2)18-10(3)21-14/h6-8H,4-5H2,1-3H3. The van der Waals surface area contributed by atoms with Gasteiger partial charge in [-0.15, -0.1) is 11.3 Å². The van der Waals surface area contributed by atoms with Gasteiger partial charge in [0.15, 0.2) is 5.82 Å². The second kappa shape index (κ2) is 5.70. The molecule has 0 aliphatic rings. The van der Waals surface area contributed by atoms with Crippen molar-refractivity contribution in [2.45, 2.75) is 33.6 Å². The summed E-state index contributed by atoms with van der Waals surface area (Å²) >= 11 is 7.98. The van der Waals surface area contributed by atoms with Gasteiger partial charge in [-0.2, -0.15) is 0 Å². The predicted molar refractivity (Wildman–Crippen MR) is 89.1 cm³/mol. The van der Waals surface area contributed by atoms with Crippen LogP contribution in [0.15, 0.2) is 18.2 Å². The highest BCUT2D eigenvalue weighted by Gasteiger charge is 2.13. The zero-order chi connectivity index (χ0) is 15.0. The summed E-state index contributed by atoms with van der Waals surface area (Å²) in [4.78, 5) is 14.6. The van der Waals surface area contributed by atoms with Crippen LogP contribution >= 0.6 is 22.9 Å². The van der Waals surface area contributed by atoms with E-state index in [9.17, 15) is 0 Å². The third-order valence-electron chi connectivity index (χ3n) is 3.36. The van der Waals surface area contributed by atoms with Crippen LogP contribution in [0, 0.1) is 13.8 Å². The zero-order valence-electron chi connectivity index (χ0n) is 12.3. The fourth-order valence-corrected chi connectivity index (χ4v) is 3.51. The Kier molecular flexibility index (Phi) is 3.91. The van der Waals surface area contributed by atoms with Crippen LogP contribution in [0.1, 0.15) is 29.6 Å². The van der Waals surface area contributed by atoms with Gasteiger partial charge in [-0.3, -0.25) is 0 Å². The molecule has 108 valence electrons. The van der Waals surface area contributed by atoms with Crippen molar-refractivity contribution in [2.24, 2.45) is 0 Å². The van der Waals surface area contributed by atoms with Crippen LogP contribution in [0.25, 0.3) is 21.6 Å². The number of aromatic nitrogens is 3. The summed E-state index contributed by atoms with van der Waals surface area (Å²) < 4.78 is 0. The lowest BCUT2D eigenvalue weighted by atomic mass is 10.1. The summed E-state index contributed by atoms with van der Waals surface area (Å²) in [6.45, 7) is 6.13. The van der Waals surface area contributed by atoms with Crippen molar-refractivity contribution >= 4 is 33.8 Å². The first kappa shape index (κ1) is 14.4. The van der Waals surface area contributed by atoms with Gasteiger partial charge in [-0.1, -0.05) is 31.0 Å². The van der Waals surface area contributed by atoms with E-state index in [1.54, 1.807) is 11.3 Å². The largest absolute Gasteiger partial charge is 0.246 e. The number of halogens is 1. The van der Waals surface area contributed by atoms with E-state index in [1.165, 1.54) is 5.56 Å². The Labute approximate surface area is 133 Å². The summed E-state index contributed by atoms with van der Waals surface area (Å²) in [5.74, 6) is 0.666. The van der Waals surface area contributed by atoms with E-state index in [4.69, 9.17) is 11.6 Å². The molecule has 0 aliphatic carbocycles. The second-order valence-electron chi connectivity index (χ2n) is 5.09. The first-order valence-electron chi connectivity index (χ1n) is 6.99. The van der Waals surface area contributed by atoms with Crippen LogP contribution in [0.2, 0.25) is 5.15 Å². The van der Waals surface area contributed by atoms with E-state index in [-0.39, 0.29) is 0 Å². The van der Waals surface area contributed by atoms with E-state index in [0.29, 0.717) is 11.0 Å². The van der Waals surface area contributed by atoms with Gasteiger partial charge >= 0.3 is 0 Å². The van der Waals surface area contributed by atoms with Crippen molar-refractivity contribution in [3.63, 3.8) is 0 Å². The lowest BCUT2D eigenvalue weighted by Crippen LogP contribution is -1.93. The minimum absolute atomic E-state index is 0.512. The number of aryl methyl sites for hydroxylation is 3. The summed E-state index contributed by atoms with van der Waals surface area (Å²) in [6.07, 6.45) is 2.16. The topological polar surface area (TPSA) is 38.7 Å². The summed E-state index contributed by atoms with van der Waals surface area (Å²) in [5.41, 5.74) is 3.11. The average Bonchev–Trinajstić information content (AvgIpc) is 2.78. The SMILES string of the molecule is CCCc1ccc2nc(-c3sc(C)nc3C)nc(Cl)c2c1. The number of hydrogen-bond donors (Lipinski definition) is 0. The van der Waals surface area contributed by atoms with Gasteiger partial charge in [-0.25, -0.2) is 15.0 Å². The van der Waals surface area contributed by atoms with Crippen molar-refractivity contribution in [3.05, 3.63) is 39.6 Å². The van der Waals surface area contributed by atoms with Crippen LogP contribution in [-0.4, -0.2) is 15.0 Å². The van der Waals surface area contributed by atoms with Crippen LogP contribution in [-0.2, 0) is 6.42 Å². The molecule has 0 saturated carbocycles. The highest BCUT2D eigenvalue weighted by molar-refractivity contribution is 7.15. The van der Waals surface area contributed by atoms with E-state index >= 15 is 0 Å². The fraction of sp³-hybridized carbons (Fsp3) is 0.312. The Morgan fingerprint density at radius 3 is 2.62 bits per heavy atom. The molecule has 0 unspecified atom stereocenters. The van der Waals surface area contributed by atoms with Gasteiger partial charge in [0, 0.05) is 5.39 Å². The minimum Gasteiger partial charge on any atom is -0.246 e. The van der Waals surface area contributed by atoms with Crippen molar-refractivity contribution in [1.29, 1.82) is 0 Å². The minimum atomic E-state index is 0.512. The number of hydrogen-bond acceptors (Lipinski definition) is 4. The van der Waals surface area contributed by atoms with Gasteiger partial charge in [0.1, 0.15) is 5.15 Å². The maximum Gasteiger partial charge on any atom is 0.173 e. The number of benzene rings is 1. The van der Waals surface area contributed by atoms with Gasteiger partial charge in [0.05, 0.1) is 21.1 Å². The Morgan fingerprint density at radius 2 is 1.95 bits per heavy atom. The number of rotatable bonds is 3. The normalized spacial score (nSPS) is 11.2. The number of fused-ring (bicyclic) bond motifs is 1. The monoisotopic (exact) mass is 317 g/mol. The van der Waals surface area contributed by atoms with E-state index in [1.807, 2.05) is 19.9 Å². The van der Waals surface area contributed by atoms with Gasteiger partial charge in [0.25, 0.3) is 0 Å². The summed E-state index contributed by atoms with van der Waals surface area (Å²) in [5, 5.41) is 2.45. The van der Waals surface area contributed by atoms with E-state index < -0.39 is 0 Å². The van der Waals surface area contributed by atoms with Crippen molar-refractivity contribution < 1.29 is 0 Å². The smallest absolute Gasteiger partial charge is 0.173 e. The maximum atomic E-state index is 6.38. The third kappa shape index (κ3) is 2.78. The Bertz CT molecular complexity index is 811. The molecule has 0 fully saturated rings. The van der Waals surface area contributed by atoms with Crippen LogP contribution in [0.5, 0.6) is 0 Å². The van der Waals surface area contributed by atoms with Crippen molar-refractivity contribution in [2.75, 3.05) is 0 Å². The highest BCUT2D eigenvalue weighted by Crippen LogP contribution is 2.31. The average molecular weight is 318 g/mol. The fourth-order valence-electron chi connectivity index (χ4n) is 2.42. The molecule has 0 bridgehead atoms. The lowest BCUT2D eigenvalue weighted by molar-refractivity contribution is 0.923. The molecule has 21 heavy (non-hydrogen) atoms. The second-order valence-corrected chi connectivity index (χ2v) is 6.65. The summed E-state index contributed by atoms with van der Waals surface area (Å²) in [7, 11) is 0. The molecule has 0 N–H and O–H groups in total. The number of thiazole rings is 1. The lowest BCUT2D eigenvalue weighted by Gasteiger charge is -2.06. The highest BCUT2D eigenvalue weighted by atomic mass is 35.5. The molecule has 0 saturated heterocycles. The quantitative estimate of drug-likeness (QED) is 0.640. The molecule has 3 rings (SSSR count). The molecule has 0 amide bonds. The Morgan fingerprint density at radius 1 is 1.14 bits per heavy atom. The number of nitrogens with zero attached hydrogens (tertiary/aromatic N) is 3. The Hall–Kier alpha value is -1.52. The molecule has 2 heterocycles. The molecule has 3 nitrogen and oxygen atoms in total. The third-order valence-corrected chi connectivity index (χ3v) is 4.72. The van der Waals surface area contributed by atoms with E-state index in [2.05, 4.69) is 34.0 Å². The van der Waals surface area contributed by atoms with Gasteiger partial charge < -0.3 is 0 Å². The van der Waals surface area contributed by atoms with E-state index in [0.717, 1.165) is 39.3 Å². The molecule has 0 aliphatic heterocycles. The van der Waals surface area contributed by atoms with Crippen molar-refractivity contribution in [1.82, 2.24) is 15.0 Å². The predicted octanol–water partition coefficient (Wildman–Crippen LogP) is 4.98. The molecule has 0 atom stereocenters. The molecular formula is C16H16ClN3S. The molecule has 5 heteroatoms. The first-order valence-corrected chi connectivity index (χ1v) is 8.18. The molecule has 2 aromatic heterocycles. The van der Waals surface area contributed by atoms with Crippen LogP contribution in [0.3, 0.4) is 0 Å². The molecule has 1 aromatic carbocycles. The van der Waals surface area contributed by atoms with Crippen LogP contribution < -0.4 is 0 Å². The molecule has 0 spiro atoms. The maximum absolute atomic E-state index is 6.38. The van der Waals surface area contributed by atoms with Gasteiger partial charge in [0.2, 0.25) is 0 Å². The van der Waals surface area contributed by atoms with Crippen molar-refractivity contribution in [3.8, 4) is 10.7 Å². The molecule has 0 radical (unpaired) electrons. The Balaban J connectivity index is 2.15.